The molecule has 0 bridgehead atoms. The summed E-state index contributed by atoms with van der Waals surface area (Å²) in [7, 11) is 1.92. The molecule has 0 atom stereocenters. The van der Waals surface area contributed by atoms with Crippen molar-refractivity contribution in [1.82, 2.24) is 5.32 Å². The summed E-state index contributed by atoms with van der Waals surface area (Å²) >= 11 is 3.29. The lowest BCUT2D eigenvalue weighted by Crippen LogP contribution is -2.32. The van der Waals surface area contributed by atoms with Crippen LogP contribution in [0, 0.1) is 0 Å². The van der Waals surface area contributed by atoms with Gasteiger partial charge in [-0.3, -0.25) is 0 Å². The first-order valence-electron chi connectivity index (χ1n) is 4.15. The van der Waals surface area contributed by atoms with Crippen molar-refractivity contribution in [2.75, 3.05) is 7.05 Å². The van der Waals surface area contributed by atoms with E-state index < -0.39 is 0 Å². The standard InChI is InChI=1S/C10H14BrNO/c1-10(2,12-3)7-4-5-9(13)8(11)6-7/h4-6,12-13H,1-3H3. The van der Waals surface area contributed by atoms with Crippen molar-refractivity contribution in [2.45, 2.75) is 19.4 Å². The summed E-state index contributed by atoms with van der Waals surface area (Å²) in [6, 6.07) is 5.53. The third kappa shape index (κ3) is 2.23. The predicted molar refractivity (Wildman–Crippen MR) is 57.9 cm³/mol. The third-order valence-electron chi connectivity index (χ3n) is 2.29. The average molecular weight is 244 g/mol. The molecule has 1 aromatic carbocycles. The molecule has 1 rings (SSSR count). The Bertz CT molecular complexity index is 310. The Morgan fingerprint density at radius 2 is 2.00 bits per heavy atom. The summed E-state index contributed by atoms with van der Waals surface area (Å²) in [5.74, 6) is 0.274. The molecule has 72 valence electrons. The van der Waals surface area contributed by atoms with Gasteiger partial charge in [0.15, 0.2) is 0 Å². The van der Waals surface area contributed by atoms with E-state index in [9.17, 15) is 5.11 Å². The maximum absolute atomic E-state index is 9.31. The fraction of sp³-hybridized carbons (Fsp3) is 0.400. The number of phenols is 1. The van der Waals surface area contributed by atoms with Crippen LogP contribution in [0.2, 0.25) is 0 Å². The van der Waals surface area contributed by atoms with Gasteiger partial charge in [-0.1, -0.05) is 6.07 Å². The number of nitrogens with one attached hydrogen (secondary N) is 1. The molecular weight excluding hydrogens is 230 g/mol. The van der Waals surface area contributed by atoms with E-state index >= 15 is 0 Å². The first-order chi connectivity index (χ1) is 5.97. The second-order valence-corrected chi connectivity index (χ2v) is 4.40. The van der Waals surface area contributed by atoms with Gasteiger partial charge >= 0.3 is 0 Å². The molecule has 0 radical (unpaired) electrons. The van der Waals surface area contributed by atoms with E-state index in [0.29, 0.717) is 0 Å². The summed E-state index contributed by atoms with van der Waals surface area (Å²) in [4.78, 5) is 0. The number of rotatable bonds is 2. The smallest absolute Gasteiger partial charge is 0.129 e. The quantitative estimate of drug-likeness (QED) is 0.838. The monoisotopic (exact) mass is 243 g/mol. The third-order valence-corrected chi connectivity index (χ3v) is 2.93. The molecule has 2 nitrogen and oxygen atoms in total. The summed E-state index contributed by atoms with van der Waals surface area (Å²) in [6.45, 7) is 4.18. The van der Waals surface area contributed by atoms with Crippen LogP contribution in [0.1, 0.15) is 19.4 Å². The molecule has 2 N–H and O–H groups in total. The lowest BCUT2D eigenvalue weighted by molar-refractivity contribution is 0.440. The van der Waals surface area contributed by atoms with Crippen LogP contribution in [0.4, 0.5) is 0 Å². The SMILES string of the molecule is CNC(C)(C)c1ccc(O)c(Br)c1. The number of halogens is 1. The van der Waals surface area contributed by atoms with E-state index in [1.165, 1.54) is 0 Å². The van der Waals surface area contributed by atoms with Crippen molar-refractivity contribution in [3.63, 3.8) is 0 Å². The van der Waals surface area contributed by atoms with Crippen LogP contribution >= 0.6 is 15.9 Å². The van der Waals surface area contributed by atoms with E-state index in [1.54, 1.807) is 6.07 Å². The summed E-state index contributed by atoms with van der Waals surface area (Å²) < 4.78 is 0.730. The molecule has 0 saturated carbocycles. The minimum absolute atomic E-state index is 0.0732. The Morgan fingerprint density at radius 1 is 1.38 bits per heavy atom. The van der Waals surface area contributed by atoms with Gasteiger partial charge in [0, 0.05) is 5.54 Å². The summed E-state index contributed by atoms with van der Waals surface area (Å²) in [5, 5.41) is 12.5. The van der Waals surface area contributed by atoms with Gasteiger partial charge in [-0.15, -0.1) is 0 Å². The van der Waals surface area contributed by atoms with Crippen LogP contribution in [0.15, 0.2) is 22.7 Å². The van der Waals surface area contributed by atoms with Gasteiger partial charge in [-0.2, -0.15) is 0 Å². The highest BCUT2D eigenvalue weighted by atomic mass is 79.9. The molecule has 0 aliphatic carbocycles. The zero-order valence-corrected chi connectivity index (χ0v) is 9.64. The molecular formula is C10H14BrNO. The molecule has 0 unspecified atom stereocenters. The van der Waals surface area contributed by atoms with Crippen LogP contribution in [0.3, 0.4) is 0 Å². The molecule has 0 aliphatic rings. The Morgan fingerprint density at radius 3 is 2.46 bits per heavy atom. The number of hydrogen-bond donors (Lipinski definition) is 2. The molecule has 13 heavy (non-hydrogen) atoms. The van der Waals surface area contributed by atoms with Crippen LogP contribution < -0.4 is 5.32 Å². The van der Waals surface area contributed by atoms with Gasteiger partial charge in [0.05, 0.1) is 4.47 Å². The van der Waals surface area contributed by atoms with E-state index in [2.05, 4.69) is 35.1 Å². The average Bonchev–Trinajstić information content (AvgIpc) is 2.09. The van der Waals surface area contributed by atoms with Gasteiger partial charge in [0.1, 0.15) is 5.75 Å². The van der Waals surface area contributed by atoms with Crippen molar-refractivity contribution < 1.29 is 5.11 Å². The molecule has 1 aromatic rings. The number of hydrogen-bond acceptors (Lipinski definition) is 2. The summed E-state index contributed by atoms with van der Waals surface area (Å²) in [5.41, 5.74) is 1.07. The Hall–Kier alpha value is -0.540. The van der Waals surface area contributed by atoms with Gasteiger partial charge in [-0.25, -0.2) is 0 Å². The number of benzene rings is 1. The maximum Gasteiger partial charge on any atom is 0.129 e. The molecule has 0 spiro atoms. The van der Waals surface area contributed by atoms with Crippen LogP contribution in [0.5, 0.6) is 5.75 Å². The topological polar surface area (TPSA) is 32.3 Å². The van der Waals surface area contributed by atoms with Crippen molar-refractivity contribution in [2.24, 2.45) is 0 Å². The van der Waals surface area contributed by atoms with Gasteiger partial charge in [0.2, 0.25) is 0 Å². The Labute approximate surface area is 87.1 Å². The van der Waals surface area contributed by atoms with Gasteiger partial charge in [-0.05, 0) is 54.5 Å². The van der Waals surface area contributed by atoms with E-state index in [4.69, 9.17) is 0 Å². The van der Waals surface area contributed by atoms with E-state index in [1.807, 2.05) is 19.2 Å². The maximum atomic E-state index is 9.31. The number of aromatic hydroxyl groups is 1. The first kappa shape index (κ1) is 10.5. The highest BCUT2D eigenvalue weighted by molar-refractivity contribution is 9.10. The van der Waals surface area contributed by atoms with Crippen molar-refractivity contribution in [1.29, 1.82) is 0 Å². The Balaban J connectivity index is 3.10. The molecule has 3 heteroatoms. The highest BCUT2D eigenvalue weighted by Crippen LogP contribution is 2.29. The number of phenolic OH excluding ortho intramolecular Hbond substituents is 1. The molecule has 0 fully saturated rings. The minimum atomic E-state index is -0.0732. The lowest BCUT2D eigenvalue weighted by Gasteiger charge is -2.24. The van der Waals surface area contributed by atoms with Crippen LogP contribution in [0.25, 0.3) is 0 Å². The second kappa shape index (κ2) is 3.68. The Kier molecular flexibility index (Phi) is 2.98. The predicted octanol–water partition coefficient (Wildman–Crippen LogP) is 2.61. The highest BCUT2D eigenvalue weighted by Gasteiger charge is 2.18. The molecule has 0 heterocycles. The molecule has 0 saturated heterocycles. The second-order valence-electron chi connectivity index (χ2n) is 3.54. The normalized spacial score (nSPS) is 11.7. The van der Waals surface area contributed by atoms with Gasteiger partial charge in [0.25, 0.3) is 0 Å². The largest absolute Gasteiger partial charge is 0.507 e. The van der Waals surface area contributed by atoms with E-state index in [-0.39, 0.29) is 11.3 Å². The van der Waals surface area contributed by atoms with Crippen molar-refractivity contribution in [3.05, 3.63) is 28.2 Å². The fourth-order valence-corrected chi connectivity index (χ4v) is 1.42. The van der Waals surface area contributed by atoms with Crippen LogP contribution in [-0.2, 0) is 5.54 Å². The van der Waals surface area contributed by atoms with E-state index in [0.717, 1.165) is 10.0 Å². The zero-order chi connectivity index (χ0) is 10.1. The molecule has 0 amide bonds. The zero-order valence-electron chi connectivity index (χ0n) is 8.06. The lowest BCUT2D eigenvalue weighted by atomic mass is 9.95. The molecule has 0 aliphatic heterocycles. The van der Waals surface area contributed by atoms with Crippen molar-refractivity contribution in [3.8, 4) is 5.75 Å². The van der Waals surface area contributed by atoms with Crippen molar-refractivity contribution >= 4 is 15.9 Å². The minimum Gasteiger partial charge on any atom is -0.507 e. The molecule has 0 aromatic heterocycles. The van der Waals surface area contributed by atoms with Gasteiger partial charge < -0.3 is 10.4 Å². The van der Waals surface area contributed by atoms with Crippen LogP contribution in [-0.4, -0.2) is 12.2 Å². The fourth-order valence-electron chi connectivity index (χ4n) is 1.04. The first-order valence-corrected chi connectivity index (χ1v) is 4.94. The summed E-state index contributed by atoms with van der Waals surface area (Å²) in [6.07, 6.45) is 0.